The van der Waals surface area contributed by atoms with E-state index in [-0.39, 0.29) is 16.8 Å². The first-order chi connectivity index (χ1) is 9.15. The molecular weight excluding hydrogens is 246 g/mol. The van der Waals surface area contributed by atoms with Gasteiger partial charge in [-0.1, -0.05) is 36.4 Å². The molecule has 0 aliphatic carbocycles. The topological polar surface area (TPSA) is 83.8 Å². The molecule has 0 bridgehead atoms. The van der Waals surface area contributed by atoms with Gasteiger partial charge in [0.25, 0.3) is 0 Å². The number of hydrogen-bond donors (Lipinski definition) is 1. The van der Waals surface area contributed by atoms with Crippen LogP contribution in [0.25, 0.3) is 0 Å². The lowest BCUT2D eigenvalue weighted by atomic mass is 9.97. The van der Waals surface area contributed by atoms with E-state index in [0.717, 1.165) is 0 Å². The monoisotopic (exact) mass is 255 g/mol. The van der Waals surface area contributed by atoms with E-state index in [1.165, 1.54) is 18.2 Å². The summed E-state index contributed by atoms with van der Waals surface area (Å²) in [6.07, 6.45) is 0. The van der Waals surface area contributed by atoms with Crippen molar-refractivity contribution in [3.63, 3.8) is 0 Å². The number of benzene rings is 2. The Morgan fingerprint density at radius 3 is 2.21 bits per heavy atom. The molecule has 2 rings (SSSR count). The van der Waals surface area contributed by atoms with Crippen molar-refractivity contribution >= 4 is 17.4 Å². The first-order valence-corrected chi connectivity index (χ1v) is 5.44. The van der Waals surface area contributed by atoms with Crippen LogP contribution in [0.15, 0.2) is 53.7 Å². The van der Waals surface area contributed by atoms with E-state index in [0.29, 0.717) is 5.56 Å². The molecule has 2 aromatic rings. The molecule has 0 saturated carbocycles. The van der Waals surface area contributed by atoms with Crippen molar-refractivity contribution in [2.24, 2.45) is 5.18 Å². The third kappa shape index (κ3) is 2.40. The largest absolute Gasteiger partial charge is 0.478 e. The molecule has 0 amide bonds. The number of hydrogen-bond acceptors (Lipinski definition) is 4. The van der Waals surface area contributed by atoms with E-state index in [4.69, 9.17) is 5.11 Å². The molecule has 0 radical (unpaired) electrons. The normalized spacial score (nSPS) is 9.89. The first-order valence-electron chi connectivity index (χ1n) is 5.44. The summed E-state index contributed by atoms with van der Waals surface area (Å²) < 4.78 is 0. The van der Waals surface area contributed by atoms with Crippen molar-refractivity contribution in [3.05, 3.63) is 70.1 Å². The summed E-state index contributed by atoms with van der Waals surface area (Å²) in [5.41, 5.74) is -0.281. The lowest BCUT2D eigenvalue weighted by Crippen LogP contribution is -2.09. The van der Waals surface area contributed by atoms with Gasteiger partial charge in [-0.3, -0.25) is 4.79 Å². The van der Waals surface area contributed by atoms with Crippen molar-refractivity contribution in [1.82, 2.24) is 0 Å². The van der Waals surface area contributed by atoms with Crippen LogP contribution in [0.2, 0.25) is 0 Å². The number of carboxylic acid groups (broad SMARTS) is 1. The zero-order valence-electron chi connectivity index (χ0n) is 9.74. The van der Waals surface area contributed by atoms with Crippen molar-refractivity contribution in [3.8, 4) is 0 Å². The molecule has 0 aliphatic rings. The summed E-state index contributed by atoms with van der Waals surface area (Å²) >= 11 is 0. The van der Waals surface area contributed by atoms with Crippen LogP contribution in [0.1, 0.15) is 26.3 Å². The second-order valence-corrected chi connectivity index (χ2v) is 3.79. The number of aromatic carboxylic acids is 1. The fraction of sp³-hybridized carbons (Fsp3) is 0. The predicted octanol–water partition coefficient (Wildman–Crippen LogP) is 3.01. The Balaban J connectivity index is 2.64. The van der Waals surface area contributed by atoms with E-state index in [9.17, 15) is 14.5 Å². The smallest absolute Gasteiger partial charge is 0.336 e. The van der Waals surface area contributed by atoms with E-state index in [1.807, 2.05) is 0 Å². The average Bonchev–Trinajstić information content (AvgIpc) is 2.46. The first kappa shape index (κ1) is 12.6. The van der Waals surface area contributed by atoms with Gasteiger partial charge in [-0.15, -0.1) is 4.91 Å². The van der Waals surface area contributed by atoms with E-state index in [1.54, 1.807) is 30.3 Å². The van der Waals surface area contributed by atoms with E-state index in [2.05, 4.69) is 5.18 Å². The van der Waals surface area contributed by atoms with Gasteiger partial charge in [0, 0.05) is 5.56 Å². The van der Waals surface area contributed by atoms with Crippen LogP contribution in [-0.2, 0) is 0 Å². The van der Waals surface area contributed by atoms with Crippen LogP contribution in [0.3, 0.4) is 0 Å². The maximum atomic E-state index is 12.3. The number of carbonyl (C=O) groups is 2. The second kappa shape index (κ2) is 5.22. The number of nitrogens with zero attached hydrogens (tertiary/aromatic N) is 1. The highest BCUT2D eigenvalue weighted by molar-refractivity contribution is 6.17. The Labute approximate surface area is 108 Å². The standard InChI is InChI=1S/C14H9NO4/c16-13(9-5-2-1-3-6-9)12-10(14(17)18)7-4-8-11(12)15-19/h1-8H,(H,17,18). The van der Waals surface area contributed by atoms with E-state index < -0.39 is 11.8 Å². The Hall–Kier alpha value is -2.82. The highest BCUT2D eigenvalue weighted by atomic mass is 16.4. The second-order valence-electron chi connectivity index (χ2n) is 3.79. The summed E-state index contributed by atoms with van der Waals surface area (Å²) in [4.78, 5) is 34.2. The van der Waals surface area contributed by atoms with Gasteiger partial charge >= 0.3 is 5.97 Å². The minimum Gasteiger partial charge on any atom is -0.478 e. The quantitative estimate of drug-likeness (QED) is 0.672. The summed E-state index contributed by atoms with van der Waals surface area (Å²) in [5, 5.41) is 11.8. The molecule has 0 aromatic heterocycles. The maximum Gasteiger partial charge on any atom is 0.336 e. The van der Waals surface area contributed by atoms with Gasteiger partial charge in [0.1, 0.15) is 5.69 Å². The molecule has 0 fully saturated rings. The molecule has 0 heterocycles. The maximum absolute atomic E-state index is 12.3. The van der Waals surface area contributed by atoms with Crippen LogP contribution >= 0.6 is 0 Å². The predicted molar refractivity (Wildman–Crippen MR) is 68.7 cm³/mol. The molecule has 2 aromatic carbocycles. The van der Waals surface area contributed by atoms with Crippen LogP contribution in [0.4, 0.5) is 5.69 Å². The summed E-state index contributed by atoms with van der Waals surface area (Å²) in [5.74, 6) is -1.81. The molecule has 94 valence electrons. The Bertz CT molecular complexity index is 650. The molecule has 0 atom stereocenters. The lowest BCUT2D eigenvalue weighted by molar-refractivity contribution is 0.0693. The van der Waals surface area contributed by atoms with Gasteiger partial charge in [-0.25, -0.2) is 4.79 Å². The Morgan fingerprint density at radius 2 is 1.63 bits per heavy atom. The van der Waals surface area contributed by atoms with Crippen molar-refractivity contribution in [2.45, 2.75) is 0 Å². The average molecular weight is 255 g/mol. The molecule has 0 aliphatic heterocycles. The zero-order chi connectivity index (χ0) is 13.8. The van der Waals surface area contributed by atoms with E-state index >= 15 is 0 Å². The Kier molecular flexibility index (Phi) is 3.47. The molecule has 19 heavy (non-hydrogen) atoms. The van der Waals surface area contributed by atoms with Gasteiger partial charge in [0.15, 0.2) is 5.78 Å². The van der Waals surface area contributed by atoms with Gasteiger partial charge in [-0.2, -0.15) is 0 Å². The molecule has 5 heteroatoms. The van der Waals surface area contributed by atoms with Crippen LogP contribution in [0, 0.1) is 4.91 Å². The lowest BCUT2D eigenvalue weighted by Gasteiger charge is -2.06. The highest BCUT2D eigenvalue weighted by Crippen LogP contribution is 2.25. The summed E-state index contributed by atoms with van der Waals surface area (Å²) in [6, 6.07) is 12.1. The molecule has 0 saturated heterocycles. The van der Waals surface area contributed by atoms with Crippen molar-refractivity contribution in [1.29, 1.82) is 0 Å². The van der Waals surface area contributed by atoms with Gasteiger partial charge in [0.05, 0.1) is 11.1 Å². The fourth-order valence-corrected chi connectivity index (χ4v) is 1.77. The van der Waals surface area contributed by atoms with Crippen LogP contribution in [-0.4, -0.2) is 16.9 Å². The molecule has 5 nitrogen and oxygen atoms in total. The number of carboxylic acids is 1. The van der Waals surface area contributed by atoms with Crippen molar-refractivity contribution in [2.75, 3.05) is 0 Å². The molecular formula is C14H9NO4. The van der Waals surface area contributed by atoms with Gasteiger partial charge in [0.2, 0.25) is 0 Å². The SMILES string of the molecule is O=Nc1cccc(C(=O)O)c1C(=O)c1ccccc1. The van der Waals surface area contributed by atoms with Crippen LogP contribution < -0.4 is 0 Å². The summed E-state index contributed by atoms with van der Waals surface area (Å²) in [6.45, 7) is 0. The number of carbonyl (C=O) groups excluding carboxylic acids is 1. The highest BCUT2D eigenvalue weighted by Gasteiger charge is 2.22. The van der Waals surface area contributed by atoms with Crippen LogP contribution in [0.5, 0.6) is 0 Å². The van der Waals surface area contributed by atoms with Crippen molar-refractivity contribution < 1.29 is 14.7 Å². The number of nitroso groups, excluding NO2 is 1. The minimum atomic E-state index is -1.27. The van der Waals surface area contributed by atoms with Gasteiger partial charge < -0.3 is 5.11 Å². The Morgan fingerprint density at radius 1 is 0.947 bits per heavy atom. The fourth-order valence-electron chi connectivity index (χ4n) is 1.77. The third-order valence-electron chi connectivity index (χ3n) is 2.63. The molecule has 0 unspecified atom stereocenters. The zero-order valence-corrected chi connectivity index (χ0v) is 9.74. The number of rotatable bonds is 4. The summed E-state index contributed by atoms with van der Waals surface area (Å²) in [7, 11) is 0. The molecule has 1 N–H and O–H groups in total. The molecule has 0 spiro atoms. The van der Waals surface area contributed by atoms with Gasteiger partial charge in [-0.05, 0) is 17.3 Å². The minimum absolute atomic E-state index is 0.172. The number of ketones is 1. The third-order valence-corrected chi connectivity index (χ3v) is 2.63.